The minimum absolute atomic E-state index is 0.0133. The van der Waals surface area contributed by atoms with Crippen molar-refractivity contribution in [3.05, 3.63) is 16.3 Å². The summed E-state index contributed by atoms with van der Waals surface area (Å²) in [6.07, 6.45) is 7.20. The normalized spacial score (nSPS) is 11.7. The van der Waals surface area contributed by atoms with Gasteiger partial charge in [-0.25, -0.2) is 4.98 Å². The molecule has 0 fully saturated rings. The van der Waals surface area contributed by atoms with Crippen LogP contribution in [0.5, 0.6) is 0 Å². The van der Waals surface area contributed by atoms with E-state index in [0.29, 0.717) is 5.13 Å². The molecule has 1 aromatic heterocycles. The lowest BCUT2D eigenvalue weighted by molar-refractivity contribution is -0.380. The van der Waals surface area contributed by atoms with E-state index in [9.17, 15) is 10.1 Å². The van der Waals surface area contributed by atoms with Gasteiger partial charge in [0.25, 0.3) is 0 Å². The summed E-state index contributed by atoms with van der Waals surface area (Å²) in [5, 5.41) is 13.8. The minimum Gasteiger partial charge on any atom is -0.348 e. The third kappa shape index (κ3) is 2.44. The number of hydrogen-bond donors (Lipinski definition) is 1. The van der Waals surface area contributed by atoms with Gasteiger partial charge in [-0.15, -0.1) is 6.42 Å². The summed E-state index contributed by atoms with van der Waals surface area (Å²) >= 11 is 0.983. The zero-order valence-corrected chi connectivity index (χ0v) is 8.37. The van der Waals surface area contributed by atoms with Crippen LogP contribution in [0, 0.1) is 22.5 Å². The number of nitro groups is 1. The fraction of sp³-hybridized carbons (Fsp3) is 0.375. The molecule has 0 bridgehead atoms. The highest BCUT2D eigenvalue weighted by atomic mass is 32.1. The number of nitrogens with zero attached hydrogens (tertiary/aromatic N) is 2. The highest BCUT2D eigenvalue weighted by Crippen LogP contribution is 2.25. The molecule has 1 aromatic rings. The number of aromatic nitrogens is 1. The molecule has 0 saturated heterocycles. The Hall–Kier alpha value is -1.61. The quantitative estimate of drug-likeness (QED) is 0.469. The second kappa shape index (κ2) is 4.58. The molecule has 0 radical (unpaired) electrons. The first-order valence-corrected chi connectivity index (χ1v) is 4.82. The standard InChI is InChI=1S/C8H9N3O2S/c1-3-6(4-2)10-8-9-5-7(14-8)11(12)13/h1,5-6H,4H2,2H3,(H,9,10). The second-order valence-corrected chi connectivity index (χ2v) is 3.54. The largest absolute Gasteiger partial charge is 0.348 e. The van der Waals surface area contributed by atoms with E-state index in [-0.39, 0.29) is 11.0 Å². The number of rotatable bonds is 4. The summed E-state index contributed by atoms with van der Waals surface area (Å²) in [5.74, 6) is 2.52. The average Bonchev–Trinajstić information content (AvgIpc) is 2.62. The molecule has 1 unspecified atom stereocenters. The molecule has 0 aliphatic heterocycles. The summed E-state index contributed by atoms with van der Waals surface area (Å²) < 4.78 is 0. The topological polar surface area (TPSA) is 68.1 Å². The molecule has 1 N–H and O–H groups in total. The summed E-state index contributed by atoms with van der Waals surface area (Å²) in [6.45, 7) is 1.93. The lowest BCUT2D eigenvalue weighted by Gasteiger charge is -2.07. The molecule has 0 aliphatic rings. The molecule has 1 heterocycles. The number of anilines is 1. The van der Waals surface area contributed by atoms with Crippen molar-refractivity contribution in [2.75, 3.05) is 5.32 Å². The molecule has 0 saturated carbocycles. The third-order valence-electron chi connectivity index (χ3n) is 1.58. The van der Waals surface area contributed by atoms with Crippen molar-refractivity contribution in [1.82, 2.24) is 4.98 Å². The molecule has 1 atom stereocenters. The van der Waals surface area contributed by atoms with Crippen LogP contribution >= 0.6 is 11.3 Å². The van der Waals surface area contributed by atoms with Gasteiger partial charge in [0, 0.05) is 0 Å². The Labute approximate surface area is 85.3 Å². The SMILES string of the molecule is C#CC(CC)Nc1ncc([N+](=O)[O-])s1. The van der Waals surface area contributed by atoms with E-state index < -0.39 is 4.92 Å². The minimum atomic E-state index is -0.473. The van der Waals surface area contributed by atoms with Gasteiger partial charge in [0.05, 0.1) is 11.0 Å². The van der Waals surface area contributed by atoms with Crippen molar-refractivity contribution in [2.45, 2.75) is 19.4 Å². The van der Waals surface area contributed by atoms with E-state index in [4.69, 9.17) is 6.42 Å². The molecule has 0 spiro atoms. The van der Waals surface area contributed by atoms with Crippen molar-refractivity contribution < 1.29 is 4.92 Å². The van der Waals surface area contributed by atoms with Crippen LogP contribution in [0.15, 0.2) is 6.20 Å². The number of nitrogens with one attached hydrogen (secondary N) is 1. The van der Waals surface area contributed by atoms with Gasteiger partial charge >= 0.3 is 5.00 Å². The first-order chi connectivity index (χ1) is 6.67. The van der Waals surface area contributed by atoms with Crippen LogP contribution in [0.3, 0.4) is 0 Å². The van der Waals surface area contributed by atoms with Crippen LogP contribution in [-0.4, -0.2) is 15.9 Å². The monoisotopic (exact) mass is 211 g/mol. The van der Waals surface area contributed by atoms with Crippen molar-refractivity contribution >= 4 is 21.5 Å². The molecule has 0 aliphatic carbocycles. The zero-order chi connectivity index (χ0) is 10.6. The first kappa shape index (κ1) is 10.5. The van der Waals surface area contributed by atoms with Gasteiger partial charge in [-0.2, -0.15) is 0 Å². The molecule has 5 nitrogen and oxygen atoms in total. The van der Waals surface area contributed by atoms with Crippen molar-refractivity contribution in [3.63, 3.8) is 0 Å². The van der Waals surface area contributed by atoms with Gasteiger partial charge in [0.1, 0.15) is 6.20 Å². The molecule has 14 heavy (non-hydrogen) atoms. The Bertz CT molecular complexity index is 369. The molecule has 6 heteroatoms. The smallest absolute Gasteiger partial charge is 0.345 e. The number of terminal acetylenes is 1. The summed E-state index contributed by atoms with van der Waals surface area (Å²) in [6, 6.07) is -0.124. The van der Waals surface area contributed by atoms with E-state index in [1.807, 2.05) is 6.92 Å². The van der Waals surface area contributed by atoms with Crippen LogP contribution in [0.4, 0.5) is 10.1 Å². The van der Waals surface area contributed by atoms with Crippen molar-refractivity contribution in [2.24, 2.45) is 0 Å². The Morgan fingerprint density at radius 3 is 3.07 bits per heavy atom. The van der Waals surface area contributed by atoms with Gasteiger partial charge < -0.3 is 5.32 Å². The van der Waals surface area contributed by atoms with E-state index in [2.05, 4.69) is 16.2 Å². The second-order valence-electron chi connectivity index (χ2n) is 2.53. The van der Waals surface area contributed by atoms with Crippen molar-refractivity contribution in [3.8, 4) is 12.3 Å². The van der Waals surface area contributed by atoms with Gasteiger partial charge in [-0.3, -0.25) is 10.1 Å². The van der Waals surface area contributed by atoms with E-state index in [0.717, 1.165) is 17.8 Å². The number of hydrogen-bond acceptors (Lipinski definition) is 5. The highest BCUT2D eigenvalue weighted by molar-refractivity contribution is 7.18. The average molecular weight is 211 g/mol. The Kier molecular flexibility index (Phi) is 3.42. The molecule has 0 amide bonds. The summed E-state index contributed by atoms with van der Waals surface area (Å²) in [5.41, 5.74) is 0. The fourth-order valence-corrected chi connectivity index (χ4v) is 1.51. The van der Waals surface area contributed by atoms with E-state index in [1.165, 1.54) is 6.20 Å². The maximum absolute atomic E-state index is 10.3. The third-order valence-corrected chi connectivity index (χ3v) is 2.46. The maximum atomic E-state index is 10.3. The highest BCUT2D eigenvalue weighted by Gasteiger charge is 2.12. The molecule has 74 valence electrons. The van der Waals surface area contributed by atoms with Gasteiger partial charge in [0.15, 0.2) is 5.13 Å². The first-order valence-electron chi connectivity index (χ1n) is 4.00. The summed E-state index contributed by atoms with van der Waals surface area (Å²) in [4.78, 5) is 13.7. The predicted octanol–water partition coefficient (Wildman–Crippen LogP) is 1.87. The zero-order valence-electron chi connectivity index (χ0n) is 7.56. The van der Waals surface area contributed by atoms with Gasteiger partial charge in [-0.05, 0) is 17.8 Å². The lowest BCUT2D eigenvalue weighted by Crippen LogP contribution is -2.15. The van der Waals surface area contributed by atoms with Crippen LogP contribution < -0.4 is 5.32 Å². The van der Waals surface area contributed by atoms with Gasteiger partial charge in [0.2, 0.25) is 0 Å². The molecule has 1 rings (SSSR count). The van der Waals surface area contributed by atoms with Gasteiger partial charge in [-0.1, -0.05) is 12.8 Å². The molecular formula is C8H9N3O2S. The fourth-order valence-electron chi connectivity index (χ4n) is 0.827. The van der Waals surface area contributed by atoms with Crippen LogP contribution in [-0.2, 0) is 0 Å². The Balaban J connectivity index is 2.69. The maximum Gasteiger partial charge on any atom is 0.345 e. The van der Waals surface area contributed by atoms with E-state index >= 15 is 0 Å². The van der Waals surface area contributed by atoms with E-state index in [1.54, 1.807) is 0 Å². The number of thiazole rings is 1. The molecule has 0 aromatic carbocycles. The van der Waals surface area contributed by atoms with Crippen LogP contribution in [0.25, 0.3) is 0 Å². The summed E-state index contributed by atoms with van der Waals surface area (Å²) in [7, 11) is 0. The van der Waals surface area contributed by atoms with Crippen molar-refractivity contribution in [1.29, 1.82) is 0 Å². The molecular weight excluding hydrogens is 202 g/mol. The van der Waals surface area contributed by atoms with Crippen LogP contribution in [0.2, 0.25) is 0 Å². The van der Waals surface area contributed by atoms with Crippen LogP contribution in [0.1, 0.15) is 13.3 Å². The Morgan fingerprint density at radius 2 is 2.64 bits per heavy atom. The predicted molar refractivity (Wildman–Crippen MR) is 55.3 cm³/mol. The Morgan fingerprint density at radius 1 is 1.93 bits per heavy atom. The lowest BCUT2D eigenvalue weighted by atomic mass is 10.2.